The van der Waals surface area contributed by atoms with Gasteiger partial charge in [0.1, 0.15) is 0 Å². The van der Waals surface area contributed by atoms with Gasteiger partial charge in [0, 0.05) is 16.3 Å². The second-order valence-electron chi connectivity index (χ2n) is 4.76. The summed E-state index contributed by atoms with van der Waals surface area (Å²) < 4.78 is 24.6. The molecule has 0 aliphatic carbocycles. The largest absolute Gasteiger partial charge is 0.321 e. The highest BCUT2D eigenvalue weighted by atomic mass is 32.2. The summed E-state index contributed by atoms with van der Waals surface area (Å²) in [6.07, 6.45) is 1.09. The molecule has 5 nitrogen and oxygen atoms in total. The molecule has 0 spiro atoms. The summed E-state index contributed by atoms with van der Waals surface area (Å²) in [5.41, 5.74) is 2.17. The number of anilines is 2. The number of rotatable bonds is 4. The number of sulfonamides is 1. The lowest BCUT2D eigenvalue weighted by Gasteiger charge is -2.06. The maximum Gasteiger partial charge on any atom is 0.265 e. The fourth-order valence-electron chi connectivity index (χ4n) is 1.71. The van der Waals surface area contributed by atoms with Gasteiger partial charge in [0.25, 0.3) is 5.91 Å². The molecule has 2 rings (SSSR count). The van der Waals surface area contributed by atoms with Crippen LogP contribution in [0.3, 0.4) is 0 Å². The molecule has 0 bridgehead atoms. The number of aryl methyl sites for hydroxylation is 2. The number of nitrogens with one attached hydrogen (secondary N) is 2. The molecule has 21 heavy (non-hydrogen) atoms. The number of benzene rings is 1. The molecule has 7 heteroatoms. The first-order valence-corrected chi connectivity index (χ1v) is 8.91. The molecule has 112 valence electrons. The van der Waals surface area contributed by atoms with Gasteiger partial charge in [0.2, 0.25) is 10.0 Å². The van der Waals surface area contributed by atoms with Gasteiger partial charge in [-0.05, 0) is 49.7 Å². The highest BCUT2D eigenvalue weighted by molar-refractivity contribution is 7.92. The lowest BCUT2D eigenvalue weighted by atomic mass is 10.2. The maximum absolute atomic E-state index is 12.1. The molecule has 1 heterocycles. The van der Waals surface area contributed by atoms with Crippen molar-refractivity contribution in [2.45, 2.75) is 13.8 Å². The number of hydrogen-bond donors (Lipinski definition) is 2. The van der Waals surface area contributed by atoms with Crippen molar-refractivity contribution in [1.29, 1.82) is 0 Å². The second kappa shape index (κ2) is 5.87. The molecule has 0 aliphatic rings. The van der Waals surface area contributed by atoms with Gasteiger partial charge < -0.3 is 5.32 Å². The maximum atomic E-state index is 12.1. The molecular formula is C14H16N2O3S2. The first kappa shape index (κ1) is 15.5. The van der Waals surface area contributed by atoms with Crippen molar-refractivity contribution in [2.75, 3.05) is 16.3 Å². The Morgan fingerprint density at radius 1 is 1.10 bits per heavy atom. The van der Waals surface area contributed by atoms with E-state index < -0.39 is 10.0 Å². The zero-order chi connectivity index (χ0) is 15.6. The van der Waals surface area contributed by atoms with Crippen molar-refractivity contribution in [1.82, 2.24) is 0 Å². The van der Waals surface area contributed by atoms with E-state index in [1.807, 2.05) is 19.9 Å². The highest BCUT2D eigenvalue weighted by Crippen LogP contribution is 2.22. The summed E-state index contributed by atoms with van der Waals surface area (Å²) in [4.78, 5) is 13.9. The van der Waals surface area contributed by atoms with Gasteiger partial charge in [-0.2, -0.15) is 0 Å². The summed E-state index contributed by atoms with van der Waals surface area (Å²) in [6.45, 7) is 3.94. The van der Waals surface area contributed by atoms with Crippen LogP contribution in [-0.2, 0) is 10.0 Å². The van der Waals surface area contributed by atoms with Gasteiger partial charge in [-0.1, -0.05) is 0 Å². The minimum Gasteiger partial charge on any atom is -0.321 e. The van der Waals surface area contributed by atoms with Crippen LogP contribution in [0.1, 0.15) is 20.1 Å². The number of carbonyl (C=O) groups excluding carboxylic acids is 1. The van der Waals surface area contributed by atoms with E-state index in [2.05, 4.69) is 10.0 Å². The molecule has 2 aromatic rings. The highest BCUT2D eigenvalue weighted by Gasteiger charge is 2.10. The molecule has 0 unspecified atom stereocenters. The predicted molar refractivity (Wildman–Crippen MR) is 86.7 cm³/mol. The molecule has 0 saturated carbocycles. The lowest BCUT2D eigenvalue weighted by molar-refractivity contribution is 0.103. The van der Waals surface area contributed by atoms with E-state index in [1.165, 1.54) is 11.3 Å². The Morgan fingerprint density at radius 2 is 1.67 bits per heavy atom. The second-order valence-corrected chi connectivity index (χ2v) is 7.76. The number of amides is 1. The Balaban J connectivity index is 2.08. The fraction of sp³-hybridized carbons (Fsp3) is 0.214. The van der Waals surface area contributed by atoms with Crippen molar-refractivity contribution in [2.24, 2.45) is 0 Å². The first-order valence-electron chi connectivity index (χ1n) is 6.21. The molecule has 0 atom stereocenters. The van der Waals surface area contributed by atoms with E-state index >= 15 is 0 Å². The van der Waals surface area contributed by atoms with E-state index in [1.54, 1.807) is 24.3 Å². The van der Waals surface area contributed by atoms with Gasteiger partial charge in [-0.25, -0.2) is 8.42 Å². The van der Waals surface area contributed by atoms with Crippen LogP contribution < -0.4 is 10.0 Å². The van der Waals surface area contributed by atoms with Crippen LogP contribution in [-0.4, -0.2) is 20.6 Å². The SMILES string of the molecule is Cc1cc(C(=O)Nc2ccc(NS(C)(=O)=O)cc2)sc1C. The topological polar surface area (TPSA) is 75.3 Å². The van der Waals surface area contributed by atoms with Crippen LogP contribution in [0.5, 0.6) is 0 Å². The predicted octanol–water partition coefficient (Wildman–Crippen LogP) is 2.99. The molecule has 0 saturated heterocycles. The minimum atomic E-state index is -3.29. The van der Waals surface area contributed by atoms with Crippen LogP contribution in [0.4, 0.5) is 11.4 Å². The van der Waals surface area contributed by atoms with Crippen molar-refractivity contribution in [3.63, 3.8) is 0 Å². The summed E-state index contributed by atoms with van der Waals surface area (Å²) in [5, 5.41) is 2.78. The Labute approximate surface area is 128 Å². The van der Waals surface area contributed by atoms with Crippen molar-refractivity contribution >= 4 is 38.6 Å². The molecule has 1 aromatic carbocycles. The summed E-state index contributed by atoms with van der Waals surface area (Å²) in [7, 11) is -3.29. The van der Waals surface area contributed by atoms with Gasteiger partial charge in [-0.15, -0.1) is 11.3 Å². The lowest BCUT2D eigenvalue weighted by Crippen LogP contribution is -2.11. The van der Waals surface area contributed by atoms with E-state index in [9.17, 15) is 13.2 Å². The summed E-state index contributed by atoms with van der Waals surface area (Å²) >= 11 is 1.45. The smallest absolute Gasteiger partial charge is 0.265 e. The normalized spacial score (nSPS) is 11.2. The van der Waals surface area contributed by atoms with Crippen LogP contribution in [0.15, 0.2) is 30.3 Å². The Kier molecular flexibility index (Phi) is 4.34. The Bertz CT molecular complexity index is 743. The Morgan fingerprint density at radius 3 is 2.14 bits per heavy atom. The number of hydrogen-bond acceptors (Lipinski definition) is 4. The Hall–Kier alpha value is -1.86. The van der Waals surface area contributed by atoms with E-state index in [4.69, 9.17) is 0 Å². The summed E-state index contributed by atoms with van der Waals surface area (Å²) in [5.74, 6) is -0.167. The van der Waals surface area contributed by atoms with Crippen LogP contribution in [0, 0.1) is 13.8 Å². The molecule has 0 radical (unpaired) electrons. The van der Waals surface area contributed by atoms with E-state index in [0.717, 1.165) is 16.7 Å². The van der Waals surface area contributed by atoms with Crippen LogP contribution >= 0.6 is 11.3 Å². The van der Waals surface area contributed by atoms with Gasteiger partial charge >= 0.3 is 0 Å². The van der Waals surface area contributed by atoms with Gasteiger partial charge in [0.05, 0.1) is 11.1 Å². The van der Waals surface area contributed by atoms with E-state index in [0.29, 0.717) is 16.3 Å². The van der Waals surface area contributed by atoms with Crippen LogP contribution in [0.2, 0.25) is 0 Å². The van der Waals surface area contributed by atoms with Crippen molar-refractivity contribution in [3.8, 4) is 0 Å². The molecule has 2 N–H and O–H groups in total. The standard InChI is InChI=1S/C14H16N2O3S2/c1-9-8-13(20-10(9)2)14(17)15-11-4-6-12(7-5-11)16-21(3,18)19/h4-8,16H,1-3H3,(H,15,17). The third-order valence-corrected chi connectivity index (χ3v) is 4.59. The average Bonchev–Trinajstić information content (AvgIpc) is 2.70. The summed E-state index contributed by atoms with van der Waals surface area (Å²) in [6, 6.07) is 8.36. The van der Waals surface area contributed by atoms with Crippen molar-refractivity contribution in [3.05, 3.63) is 45.6 Å². The number of carbonyl (C=O) groups is 1. The number of thiophene rings is 1. The van der Waals surface area contributed by atoms with E-state index in [-0.39, 0.29) is 5.91 Å². The monoisotopic (exact) mass is 324 g/mol. The molecule has 0 aliphatic heterocycles. The van der Waals surface area contributed by atoms with Gasteiger partial charge in [0.15, 0.2) is 0 Å². The van der Waals surface area contributed by atoms with Gasteiger partial charge in [-0.3, -0.25) is 9.52 Å². The third kappa shape index (κ3) is 4.30. The zero-order valence-electron chi connectivity index (χ0n) is 11.9. The minimum absolute atomic E-state index is 0.167. The quantitative estimate of drug-likeness (QED) is 0.908. The molecular weight excluding hydrogens is 308 g/mol. The molecule has 0 fully saturated rings. The fourth-order valence-corrected chi connectivity index (χ4v) is 3.21. The van der Waals surface area contributed by atoms with Crippen molar-refractivity contribution < 1.29 is 13.2 Å². The zero-order valence-corrected chi connectivity index (χ0v) is 13.6. The molecule has 1 aromatic heterocycles. The third-order valence-electron chi connectivity index (χ3n) is 2.84. The molecule has 1 amide bonds. The average molecular weight is 324 g/mol. The first-order chi connectivity index (χ1) is 9.74. The van der Waals surface area contributed by atoms with Crippen LogP contribution in [0.25, 0.3) is 0 Å².